The Labute approximate surface area is 145 Å². The molecule has 3 heterocycles. The van der Waals surface area contributed by atoms with Crippen LogP contribution in [-0.4, -0.2) is 83.5 Å². The average molecular weight is 337 g/mol. The summed E-state index contributed by atoms with van der Waals surface area (Å²) in [6, 6.07) is 0.636. The highest BCUT2D eigenvalue weighted by Gasteiger charge is 2.40. The molecule has 2 amide bonds. The Balaban J connectivity index is 1.61. The topological polar surface area (TPSA) is 53.1 Å². The van der Waals surface area contributed by atoms with Gasteiger partial charge in [-0.3, -0.25) is 14.5 Å². The second kappa shape index (κ2) is 7.40. The molecule has 24 heavy (non-hydrogen) atoms. The van der Waals surface area contributed by atoms with Crippen molar-refractivity contribution in [2.45, 2.75) is 70.7 Å². The van der Waals surface area contributed by atoms with Crippen LogP contribution >= 0.6 is 0 Å². The molecule has 0 aromatic rings. The summed E-state index contributed by atoms with van der Waals surface area (Å²) >= 11 is 0. The average Bonchev–Trinajstić information content (AvgIpc) is 3.14. The van der Waals surface area contributed by atoms with Crippen molar-refractivity contribution in [1.82, 2.24) is 14.7 Å². The molecular weight excluding hydrogens is 306 g/mol. The van der Waals surface area contributed by atoms with Crippen molar-refractivity contribution in [1.29, 1.82) is 0 Å². The Hall–Kier alpha value is -1.14. The maximum atomic E-state index is 12.8. The van der Waals surface area contributed by atoms with Gasteiger partial charge in [-0.05, 0) is 46.1 Å². The van der Waals surface area contributed by atoms with Crippen LogP contribution in [0.1, 0.15) is 46.5 Å². The van der Waals surface area contributed by atoms with Gasteiger partial charge >= 0.3 is 0 Å². The third kappa shape index (κ3) is 3.75. The summed E-state index contributed by atoms with van der Waals surface area (Å²) in [5.74, 6) is 0.378. The van der Waals surface area contributed by atoms with E-state index in [2.05, 4.69) is 4.90 Å². The summed E-state index contributed by atoms with van der Waals surface area (Å²) in [6.45, 7) is 9.40. The van der Waals surface area contributed by atoms with Gasteiger partial charge in [0.15, 0.2) is 0 Å². The predicted octanol–water partition coefficient (Wildman–Crippen LogP) is 1.10. The molecule has 0 aromatic heterocycles. The lowest BCUT2D eigenvalue weighted by molar-refractivity contribution is -0.144. The van der Waals surface area contributed by atoms with Crippen molar-refractivity contribution in [2.24, 2.45) is 0 Å². The Morgan fingerprint density at radius 3 is 2.29 bits per heavy atom. The number of nitrogens with zero attached hydrogens (tertiary/aromatic N) is 3. The highest BCUT2D eigenvalue weighted by molar-refractivity contribution is 5.78. The van der Waals surface area contributed by atoms with E-state index in [9.17, 15) is 9.59 Å². The Bertz CT molecular complexity index is 474. The highest BCUT2D eigenvalue weighted by atomic mass is 16.5. The van der Waals surface area contributed by atoms with Crippen LogP contribution < -0.4 is 0 Å². The normalized spacial score (nSPS) is 34.8. The molecule has 0 unspecified atom stereocenters. The van der Waals surface area contributed by atoms with Crippen molar-refractivity contribution in [2.75, 3.05) is 32.7 Å². The van der Waals surface area contributed by atoms with E-state index in [-0.39, 0.29) is 24.0 Å². The third-order valence-electron chi connectivity index (χ3n) is 5.67. The maximum Gasteiger partial charge on any atom is 0.236 e. The lowest BCUT2D eigenvalue weighted by atomic mass is 10.0. The summed E-state index contributed by atoms with van der Waals surface area (Å²) in [4.78, 5) is 30.9. The minimum atomic E-state index is 0.107. The minimum Gasteiger partial charge on any atom is -0.372 e. The molecule has 0 aliphatic carbocycles. The molecule has 0 bridgehead atoms. The summed E-state index contributed by atoms with van der Waals surface area (Å²) < 4.78 is 5.73. The van der Waals surface area contributed by atoms with Crippen LogP contribution in [0.5, 0.6) is 0 Å². The van der Waals surface area contributed by atoms with Gasteiger partial charge in [0.25, 0.3) is 0 Å². The molecule has 3 aliphatic heterocycles. The van der Waals surface area contributed by atoms with Crippen LogP contribution in [-0.2, 0) is 14.3 Å². The number of rotatable bonds is 3. The molecule has 0 aromatic carbocycles. The molecule has 3 fully saturated rings. The summed E-state index contributed by atoms with van der Waals surface area (Å²) in [5.41, 5.74) is 0. The van der Waals surface area contributed by atoms with Crippen molar-refractivity contribution < 1.29 is 14.3 Å². The van der Waals surface area contributed by atoms with E-state index < -0.39 is 0 Å². The van der Waals surface area contributed by atoms with E-state index in [0.717, 1.165) is 38.8 Å². The minimum absolute atomic E-state index is 0.107. The quantitative estimate of drug-likeness (QED) is 0.774. The fourth-order valence-corrected chi connectivity index (χ4v) is 4.72. The molecule has 6 heteroatoms. The zero-order chi connectivity index (χ0) is 17.3. The number of hydrogen-bond donors (Lipinski definition) is 0. The summed E-state index contributed by atoms with van der Waals surface area (Å²) in [7, 11) is 0. The van der Waals surface area contributed by atoms with Crippen LogP contribution in [0.3, 0.4) is 0 Å². The molecule has 0 radical (unpaired) electrons. The van der Waals surface area contributed by atoms with Gasteiger partial charge in [0.2, 0.25) is 11.8 Å². The van der Waals surface area contributed by atoms with Gasteiger partial charge in [0.05, 0.1) is 18.8 Å². The zero-order valence-corrected chi connectivity index (χ0v) is 15.2. The first kappa shape index (κ1) is 17.7. The van der Waals surface area contributed by atoms with Crippen LogP contribution in [0.2, 0.25) is 0 Å². The van der Waals surface area contributed by atoms with Gasteiger partial charge in [0, 0.05) is 38.6 Å². The third-order valence-corrected chi connectivity index (χ3v) is 5.67. The first-order valence-corrected chi connectivity index (χ1v) is 9.40. The first-order valence-electron chi connectivity index (χ1n) is 9.40. The number of likely N-dealkylation sites (tertiary alicyclic amines) is 2. The van der Waals surface area contributed by atoms with Crippen LogP contribution in [0.4, 0.5) is 0 Å². The van der Waals surface area contributed by atoms with Crippen molar-refractivity contribution in [3.63, 3.8) is 0 Å². The number of morpholine rings is 1. The molecule has 0 N–H and O–H groups in total. The van der Waals surface area contributed by atoms with E-state index in [1.54, 1.807) is 6.92 Å². The lowest BCUT2D eigenvalue weighted by Crippen LogP contribution is -2.53. The molecule has 4 atom stereocenters. The van der Waals surface area contributed by atoms with Gasteiger partial charge < -0.3 is 14.5 Å². The fraction of sp³-hybridized carbons (Fsp3) is 0.889. The van der Waals surface area contributed by atoms with Crippen molar-refractivity contribution in [3.05, 3.63) is 0 Å². The van der Waals surface area contributed by atoms with Crippen molar-refractivity contribution in [3.8, 4) is 0 Å². The summed E-state index contributed by atoms with van der Waals surface area (Å²) in [6.07, 6.45) is 4.58. The zero-order valence-electron chi connectivity index (χ0n) is 15.2. The van der Waals surface area contributed by atoms with Gasteiger partial charge in [-0.25, -0.2) is 0 Å². The highest BCUT2D eigenvalue weighted by Crippen LogP contribution is 2.30. The Morgan fingerprint density at radius 1 is 1.00 bits per heavy atom. The number of ether oxygens (including phenoxy) is 1. The Kier molecular flexibility index (Phi) is 5.45. The molecule has 6 nitrogen and oxygen atoms in total. The maximum absolute atomic E-state index is 12.8. The SMILES string of the molecule is CC(=O)N1CCC[C@@H]1[C@@H]1CCCN1CC(=O)N1C[C@H](C)O[C@@H](C)C1. The van der Waals surface area contributed by atoms with Gasteiger partial charge in [0.1, 0.15) is 0 Å². The first-order chi connectivity index (χ1) is 11.5. The fourth-order valence-electron chi connectivity index (χ4n) is 4.72. The van der Waals surface area contributed by atoms with E-state index >= 15 is 0 Å². The van der Waals surface area contributed by atoms with Gasteiger partial charge in [-0.2, -0.15) is 0 Å². The number of carbonyl (C=O) groups is 2. The van der Waals surface area contributed by atoms with E-state index in [4.69, 9.17) is 4.74 Å². The second-order valence-electron chi connectivity index (χ2n) is 7.66. The van der Waals surface area contributed by atoms with E-state index in [1.807, 2.05) is 23.6 Å². The monoisotopic (exact) mass is 337 g/mol. The standard InChI is InChI=1S/C18H31N3O3/c1-13-10-20(11-14(2)24-13)18(23)12-19-8-4-6-16(19)17-7-5-9-21(17)15(3)22/h13-14,16-17H,4-12H2,1-3H3/t13-,14-,16-,17+/m0/s1. The number of hydrogen-bond acceptors (Lipinski definition) is 4. The van der Waals surface area contributed by atoms with E-state index in [0.29, 0.717) is 31.7 Å². The second-order valence-corrected chi connectivity index (χ2v) is 7.66. The van der Waals surface area contributed by atoms with Crippen LogP contribution in [0.15, 0.2) is 0 Å². The largest absolute Gasteiger partial charge is 0.372 e. The predicted molar refractivity (Wildman–Crippen MR) is 91.6 cm³/mol. The van der Waals surface area contributed by atoms with Crippen LogP contribution in [0, 0.1) is 0 Å². The number of carbonyl (C=O) groups excluding carboxylic acids is 2. The van der Waals surface area contributed by atoms with Crippen LogP contribution in [0.25, 0.3) is 0 Å². The number of amides is 2. The lowest BCUT2D eigenvalue weighted by Gasteiger charge is -2.38. The van der Waals surface area contributed by atoms with Gasteiger partial charge in [-0.1, -0.05) is 0 Å². The molecule has 0 spiro atoms. The Morgan fingerprint density at radius 2 is 1.62 bits per heavy atom. The molecular formula is C18H31N3O3. The molecule has 3 saturated heterocycles. The van der Waals surface area contributed by atoms with Crippen molar-refractivity contribution >= 4 is 11.8 Å². The smallest absolute Gasteiger partial charge is 0.236 e. The molecule has 136 valence electrons. The molecule has 3 rings (SSSR count). The molecule has 3 aliphatic rings. The molecule has 0 saturated carbocycles. The van der Waals surface area contributed by atoms with E-state index in [1.165, 1.54) is 0 Å². The summed E-state index contributed by atoms with van der Waals surface area (Å²) in [5, 5.41) is 0. The van der Waals surface area contributed by atoms with Gasteiger partial charge in [-0.15, -0.1) is 0 Å².